The fraction of sp³-hybridized carbons (Fsp3) is 0.278. The molecule has 1 N–H and O–H groups in total. The predicted molar refractivity (Wildman–Crippen MR) is 95.5 cm³/mol. The highest BCUT2D eigenvalue weighted by Crippen LogP contribution is 2.18. The minimum absolute atomic E-state index is 0.235. The average molecular weight is 360 g/mol. The molecular weight excluding hydrogens is 342 g/mol. The van der Waals surface area contributed by atoms with Crippen LogP contribution in [0.4, 0.5) is 0 Å². The second-order valence-corrected chi connectivity index (χ2v) is 6.22. The summed E-state index contributed by atoms with van der Waals surface area (Å²) in [4.78, 5) is 29.5. The van der Waals surface area contributed by atoms with Gasteiger partial charge in [-0.1, -0.05) is 23.7 Å². The van der Waals surface area contributed by atoms with Crippen molar-refractivity contribution in [3.63, 3.8) is 0 Å². The van der Waals surface area contributed by atoms with Crippen LogP contribution in [-0.4, -0.2) is 27.2 Å². The Hall–Kier alpha value is -2.60. The van der Waals surface area contributed by atoms with Crippen molar-refractivity contribution in [3.05, 3.63) is 67.7 Å². The van der Waals surface area contributed by atoms with Gasteiger partial charge in [0.15, 0.2) is 5.65 Å². The number of halogens is 1. The van der Waals surface area contributed by atoms with E-state index in [1.165, 1.54) is 4.52 Å². The number of hydrogen-bond acceptors (Lipinski definition) is 4. The summed E-state index contributed by atoms with van der Waals surface area (Å²) in [7, 11) is 0. The van der Waals surface area contributed by atoms with Crippen LogP contribution in [0.15, 0.2) is 29.1 Å². The molecule has 0 bridgehead atoms. The van der Waals surface area contributed by atoms with Gasteiger partial charge in [-0.2, -0.15) is 0 Å². The average Bonchev–Trinajstić information content (AvgIpc) is 2.88. The van der Waals surface area contributed by atoms with Crippen LogP contribution >= 0.6 is 11.6 Å². The van der Waals surface area contributed by atoms with Gasteiger partial charge in [-0.3, -0.25) is 9.89 Å². The summed E-state index contributed by atoms with van der Waals surface area (Å²) in [5.74, 6) is -0.493. The van der Waals surface area contributed by atoms with Crippen molar-refractivity contribution in [1.29, 1.82) is 0 Å². The number of aryl methyl sites for hydroxylation is 2. The van der Waals surface area contributed by atoms with E-state index >= 15 is 0 Å². The summed E-state index contributed by atoms with van der Waals surface area (Å²) >= 11 is 6.02. The van der Waals surface area contributed by atoms with Crippen molar-refractivity contribution in [1.82, 2.24) is 14.6 Å². The molecule has 7 heteroatoms. The van der Waals surface area contributed by atoms with Gasteiger partial charge in [0.05, 0.1) is 6.61 Å². The summed E-state index contributed by atoms with van der Waals surface area (Å²) < 4.78 is 6.37. The second kappa shape index (κ2) is 6.72. The third kappa shape index (κ3) is 3.17. The lowest BCUT2D eigenvalue weighted by molar-refractivity contribution is 0.0527. The van der Waals surface area contributed by atoms with E-state index < -0.39 is 5.97 Å². The molecule has 3 rings (SSSR count). The molecule has 25 heavy (non-hydrogen) atoms. The van der Waals surface area contributed by atoms with Crippen LogP contribution in [-0.2, 0) is 11.2 Å². The van der Waals surface area contributed by atoms with Gasteiger partial charge in [-0.15, -0.1) is 0 Å². The molecule has 130 valence electrons. The van der Waals surface area contributed by atoms with Crippen LogP contribution in [0, 0.1) is 13.8 Å². The number of aromatic nitrogens is 3. The van der Waals surface area contributed by atoms with Crippen LogP contribution in [0.1, 0.15) is 39.8 Å². The number of esters is 1. The van der Waals surface area contributed by atoms with Crippen LogP contribution in [0.3, 0.4) is 0 Å². The lowest BCUT2D eigenvalue weighted by Crippen LogP contribution is -2.22. The van der Waals surface area contributed by atoms with E-state index in [9.17, 15) is 9.59 Å². The van der Waals surface area contributed by atoms with Gasteiger partial charge in [0, 0.05) is 28.4 Å². The minimum atomic E-state index is -0.493. The van der Waals surface area contributed by atoms with E-state index in [0.29, 0.717) is 28.4 Å². The molecule has 0 saturated carbocycles. The molecule has 0 aliphatic rings. The molecule has 2 aromatic heterocycles. The van der Waals surface area contributed by atoms with Crippen molar-refractivity contribution in [2.45, 2.75) is 27.2 Å². The predicted octanol–water partition coefficient (Wildman–Crippen LogP) is 3.06. The molecule has 6 nitrogen and oxygen atoms in total. The number of ether oxygens (including phenoxy) is 1. The normalized spacial score (nSPS) is 11.0. The number of hydrogen-bond donors (Lipinski definition) is 1. The molecule has 0 aliphatic heterocycles. The van der Waals surface area contributed by atoms with Gasteiger partial charge in [0.1, 0.15) is 5.56 Å². The fourth-order valence-corrected chi connectivity index (χ4v) is 3.04. The summed E-state index contributed by atoms with van der Waals surface area (Å²) in [5, 5.41) is 3.53. The van der Waals surface area contributed by atoms with Gasteiger partial charge >= 0.3 is 5.97 Å². The molecule has 0 spiro atoms. The van der Waals surface area contributed by atoms with Crippen molar-refractivity contribution >= 4 is 23.2 Å². The van der Waals surface area contributed by atoms with Crippen LogP contribution in [0.2, 0.25) is 5.02 Å². The summed E-state index contributed by atoms with van der Waals surface area (Å²) in [6, 6.07) is 7.35. The zero-order valence-electron chi connectivity index (χ0n) is 14.2. The lowest BCUT2D eigenvalue weighted by Gasteiger charge is -2.07. The van der Waals surface area contributed by atoms with Crippen molar-refractivity contribution in [2.24, 2.45) is 0 Å². The number of nitrogens with one attached hydrogen (secondary N) is 1. The molecular formula is C18H18ClN3O3. The second-order valence-electron chi connectivity index (χ2n) is 5.78. The Kier molecular flexibility index (Phi) is 4.63. The third-order valence-electron chi connectivity index (χ3n) is 4.01. The van der Waals surface area contributed by atoms with Crippen LogP contribution in [0.5, 0.6) is 0 Å². The van der Waals surface area contributed by atoms with Crippen molar-refractivity contribution in [3.8, 4) is 0 Å². The lowest BCUT2D eigenvalue weighted by atomic mass is 10.1. The first kappa shape index (κ1) is 17.2. The minimum Gasteiger partial charge on any atom is -0.462 e. The Bertz CT molecular complexity index is 1020. The quantitative estimate of drug-likeness (QED) is 0.726. The zero-order valence-corrected chi connectivity index (χ0v) is 15.0. The maximum atomic E-state index is 12.9. The maximum absolute atomic E-state index is 12.9. The third-order valence-corrected chi connectivity index (χ3v) is 4.25. The molecule has 0 unspecified atom stereocenters. The Morgan fingerprint density at radius 3 is 2.80 bits per heavy atom. The smallest absolute Gasteiger partial charge is 0.343 e. The van der Waals surface area contributed by atoms with E-state index in [1.807, 2.05) is 18.2 Å². The number of aromatic amines is 1. The molecule has 0 atom stereocenters. The monoisotopic (exact) mass is 359 g/mol. The number of rotatable bonds is 4. The summed E-state index contributed by atoms with van der Waals surface area (Å²) in [6.45, 7) is 5.46. The van der Waals surface area contributed by atoms with Gasteiger partial charge in [-0.05, 0) is 38.5 Å². The number of carbonyl (C=O) groups excluding carboxylic acids is 1. The topological polar surface area (TPSA) is 76.5 Å². The van der Waals surface area contributed by atoms with Gasteiger partial charge in [-0.25, -0.2) is 14.3 Å². The number of carbonyl (C=O) groups is 1. The molecule has 2 heterocycles. The SMILES string of the molecule is CCOC(=O)c1c(C)[nH]n2c(=O)c(Cc3cccc(Cl)c3)c(C)nc12. The first-order valence-electron chi connectivity index (χ1n) is 7.94. The molecule has 3 aromatic rings. The molecule has 0 aliphatic carbocycles. The van der Waals surface area contributed by atoms with Crippen molar-refractivity contribution < 1.29 is 9.53 Å². The van der Waals surface area contributed by atoms with Gasteiger partial charge in [0.2, 0.25) is 0 Å². The van der Waals surface area contributed by atoms with Crippen LogP contribution in [0.25, 0.3) is 5.65 Å². The molecule has 0 radical (unpaired) electrons. The van der Waals surface area contributed by atoms with E-state index in [2.05, 4.69) is 10.1 Å². The summed E-state index contributed by atoms with van der Waals surface area (Å²) in [5.41, 5.74) is 2.93. The standard InChI is InChI=1S/C18H18ClN3O3/c1-4-25-18(24)15-11(3)21-22-16(15)20-10(2)14(17(22)23)9-12-6-5-7-13(19)8-12/h5-8,21H,4,9H2,1-3H3. The largest absolute Gasteiger partial charge is 0.462 e. The summed E-state index contributed by atoms with van der Waals surface area (Å²) in [6.07, 6.45) is 0.411. The molecule has 0 saturated heterocycles. The maximum Gasteiger partial charge on any atom is 0.343 e. The number of fused-ring (bicyclic) bond motifs is 1. The molecule has 0 amide bonds. The van der Waals surface area contributed by atoms with E-state index in [1.54, 1.807) is 26.8 Å². The van der Waals surface area contributed by atoms with Crippen LogP contribution < -0.4 is 5.56 Å². The molecule has 0 fully saturated rings. The number of nitrogens with zero attached hydrogens (tertiary/aromatic N) is 2. The Morgan fingerprint density at radius 2 is 2.12 bits per heavy atom. The van der Waals surface area contributed by atoms with E-state index in [0.717, 1.165) is 5.56 Å². The number of H-pyrrole nitrogens is 1. The Balaban J connectivity index is 2.14. The van der Waals surface area contributed by atoms with Crippen molar-refractivity contribution in [2.75, 3.05) is 6.61 Å². The van der Waals surface area contributed by atoms with E-state index in [4.69, 9.17) is 16.3 Å². The highest BCUT2D eigenvalue weighted by atomic mass is 35.5. The molecule has 1 aromatic carbocycles. The Labute approximate surface area is 149 Å². The first-order chi connectivity index (χ1) is 11.9. The highest BCUT2D eigenvalue weighted by Gasteiger charge is 2.22. The van der Waals surface area contributed by atoms with Gasteiger partial charge < -0.3 is 4.74 Å². The van der Waals surface area contributed by atoms with Gasteiger partial charge in [0.25, 0.3) is 5.56 Å². The fourth-order valence-electron chi connectivity index (χ4n) is 2.83. The van der Waals surface area contributed by atoms with E-state index in [-0.39, 0.29) is 23.4 Å². The first-order valence-corrected chi connectivity index (χ1v) is 8.32. The Morgan fingerprint density at radius 1 is 1.36 bits per heavy atom. The zero-order chi connectivity index (χ0) is 18.1. The number of benzene rings is 1. The highest BCUT2D eigenvalue weighted by molar-refractivity contribution is 6.30.